The van der Waals surface area contributed by atoms with E-state index < -0.39 is 0 Å². The molecule has 0 radical (unpaired) electrons. The zero-order valence-electron chi connectivity index (χ0n) is 11.5. The molecule has 0 bridgehead atoms. The molecule has 2 fully saturated rings. The molecule has 2 heterocycles. The summed E-state index contributed by atoms with van der Waals surface area (Å²) in [5.74, 6) is 0.858. The summed E-state index contributed by atoms with van der Waals surface area (Å²) in [7, 11) is 2.24. The molecule has 0 aromatic carbocycles. The molecule has 3 heteroatoms. The number of rotatable bonds is 4. The fraction of sp³-hybridized carbons (Fsp3) is 1.00. The molecule has 1 N–H and O–H groups in total. The molecule has 3 atom stereocenters. The molecule has 100 valence electrons. The Morgan fingerprint density at radius 1 is 1.35 bits per heavy atom. The number of ether oxygens (including phenoxy) is 1. The summed E-state index contributed by atoms with van der Waals surface area (Å²) in [5.41, 5.74) is 0. The number of likely N-dealkylation sites (tertiary alicyclic amines) is 1. The van der Waals surface area contributed by atoms with Crippen molar-refractivity contribution in [3.63, 3.8) is 0 Å². The summed E-state index contributed by atoms with van der Waals surface area (Å²) < 4.78 is 5.72. The smallest absolute Gasteiger partial charge is 0.0587 e. The van der Waals surface area contributed by atoms with Gasteiger partial charge in [0.25, 0.3) is 0 Å². The van der Waals surface area contributed by atoms with Gasteiger partial charge in [0.2, 0.25) is 0 Å². The Morgan fingerprint density at radius 2 is 2.24 bits per heavy atom. The van der Waals surface area contributed by atoms with Gasteiger partial charge in [0.05, 0.1) is 6.10 Å². The predicted molar refractivity (Wildman–Crippen MR) is 71.3 cm³/mol. The van der Waals surface area contributed by atoms with Gasteiger partial charge in [0, 0.05) is 19.2 Å². The van der Waals surface area contributed by atoms with Crippen molar-refractivity contribution < 1.29 is 4.74 Å². The van der Waals surface area contributed by atoms with Crippen LogP contribution in [0.15, 0.2) is 0 Å². The Morgan fingerprint density at radius 3 is 3.00 bits per heavy atom. The normalized spacial score (nSPS) is 36.0. The van der Waals surface area contributed by atoms with Crippen molar-refractivity contribution in [2.75, 3.05) is 33.3 Å². The molecule has 3 unspecified atom stereocenters. The van der Waals surface area contributed by atoms with Crippen molar-refractivity contribution >= 4 is 0 Å². The summed E-state index contributed by atoms with van der Waals surface area (Å²) in [6, 6.07) is 0.695. The number of hydrogen-bond donors (Lipinski definition) is 1. The maximum Gasteiger partial charge on any atom is 0.0587 e. The first-order valence-electron chi connectivity index (χ1n) is 7.31. The topological polar surface area (TPSA) is 24.5 Å². The van der Waals surface area contributed by atoms with Crippen molar-refractivity contribution in [2.45, 2.75) is 51.2 Å². The molecule has 0 aliphatic carbocycles. The van der Waals surface area contributed by atoms with Crippen molar-refractivity contribution in [2.24, 2.45) is 5.92 Å². The average molecular weight is 240 g/mol. The lowest BCUT2D eigenvalue weighted by Gasteiger charge is -2.33. The second-order valence-corrected chi connectivity index (χ2v) is 5.80. The van der Waals surface area contributed by atoms with Gasteiger partial charge in [0.1, 0.15) is 0 Å². The predicted octanol–water partition coefficient (Wildman–Crippen LogP) is 1.88. The van der Waals surface area contributed by atoms with Crippen molar-refractivity contribution in [1.29, 1.82) is 0 Å². The molecule has 0 amide bonds. The van der Waals surface area contributed by atoms with E-state index in [4.69, 9.17) is 4.74 Å². The first kappa shape index (κ1) is 13.3. The lowest BCUT2D eigenvalue weighted by atomic mass is 9.96. The van der Waals surface area contributed by atoms with Crippen LogP contribution >= 0.6 is 0 Å². The Kier molecular flexibility index (Phi) is 5.26. The molecule has 0 aromatic rings. The van der Waals surface area contributed by atoms with E-state index in [1.54, 1.807) is 0 Å². The monoisotopic (exact) mass is 240 g/mol. The maximum atomic E-state index is 5.72. The minimum Gasteiger partial charge on any atom is -0.378 e. The minimum absolute atomic E-state index is 0.496. The van der Waals surface area contributed by atoms with Gasteiger partial charge in [0.15, 0.2) is 0 Å². The molecule has 0 saturated carbocycles. The maximum absolute atomic E-state index is 5.72. The third-order valence-corrected chi connectivity index (χ3v) is 4.24. The molecule has 2 aliphatic heterocycles. The molecule has 3 nitrogen and oxygen atoms in total. The summed E-state index contributed by atoms with van der Waals surface area (Å²) in [6.45, 7) is 6.93. The molecule has 17 heavy (non-hydrogen) atoms. The largest absolute Gasteiger partial charge is 0.378 e. The van der Waals surface area contributed by atoms with Crippen LogP contribution in [0.3, 0.4) is 0 Å². The van der Waals surface area contributed by atoms with Crippen LogP contribution in [0.25, 0.3) is 0 Å². The van der Waals surface area contributed by atoms with Gasteiger partial charge in [-0.3, -0.25) is 0 Å². The Bertz CT molecular complexity index is 222. The van der Waals surface area contributed by atoms with E-state index in [-0.39, 0.29) is 0 Å². The van der Waals surface area contributed by atoms with Crippen LogP contribution in [-0.4, -0.2) is 50.3 Å². The zero-order chi connectivity index (χ0) is 12.1. The van der Waals surface area contributed by atoms with Crippen molar-refractivity contribution in [3.8, 4) is 0 Å². The molecule has 2 aliphatic rings. The van der Waals surface area contributed by atoms with Gasteiger partial charge in [-0.05, 0) is 58.2 Å². The number of hydrogen-bond acceptors (Lipinski definition) is 3. The second-order valence-electron chi connectivity index (χ2n) is 5.80. The average Bonchev–Trinajstić information content (AvgIpc) is 2.37. The van der Waals surface area contributed by atoms with Crippen molar-refractivity contribution in [1.82, 2.24) is 10.2 Å². The first-order chi connectivity index (χ1) is 8.28. The Labute approximate surface area is 106 Å². The van der Waals surface area contributed by atoms with Crippen LogP contribution in [0, 0.1) is 5.92 Å². The highest BCUT2D eigenvalue weighted by atomic mass is 16.5. The van der Waals surface area contributed by atoms with E-state index >= 15 is 0 Å². The van der Waals surface area contributed by atoms with Gasteiger partial charge in [-0.25, -0.2) is 0 Å². The standard InChI is InChI=1S/C14H28N2O/c1-3-14-9-13(6-8-17-14)15-10-12-5-4-7-16(2)11-12/h12-15H,3-11H2,1-2H3. The van der Waals surface area contributed by atoms with E-state index in [0.29, 0.717) is 12.1 Å². The van der Waals surface area contributed by atoms with Crippen LogP contribution in [0.1, 0.15) is 39.0 Å². The molecular formula is C14H28N2O. The van der Waals surface area contributed by atoms with Gasteiger partial charge in [-0.15, -0.1) is 0 Å². The fourth-order valence-electron chi connectivity index (χ4n) is 3.12. The van der Waals surface area contributed by atoms with Crippen LogP contribution in [0.2, 0.25) is 0 Å². The van der Waals surface area contributed by atoms with Gasteiger partial charge in [-0.1, -0.05) is 6.92 Å². The third-order valence-electron chi connectivity index (χ3n) is 4.24. The van der Waals surface area contributed by atoms with Crippen molar-refractivity contribution in [3.05, 3.63) is 0 Å². The number of piperidine rings is 1. The van der Waals surface area contributed by atoms with Crippen LogP contribution in [0.5, 0.6) is 0 Å². The molecule has 0 aromatic heterocycles. The molecule has 0 spiro atoms. The lowest BCUT2D eigenvalue weighted by molar-refractivity contribution is -0.00108. The number of nitrogens with one attached hydrogen (secondary N) is 1. The Hall–Kier alpha value is -0.120. The van der Waals surface area contributed by atoms with Crippen LogP contribution in [0.4, 0.5) is 0 Å². The van der Waals surface area contributed by atoms with Gasteiger partial charge in [-0.2, -0.15) is 0 Å². The van der Waals surface area contributed by atoms with Crippen LogP contribution < -0.4 is 5.32 Å². The van der Waals surface area contributed by atoms with Crippen LogP contribution in [-0.2, 0) is 4.74 Å². The SMILES string of the molecule is CCC1CC(NCC2CCCN(C)C2)CCO1. The van der Waals surface area contributed by atoms with E-state index in [9.17, 15) is 0 Å². The molecule has 2 saturated heterocycles. The van der Waals surface area contributed by atoms with E-state index in [1.165, 1.54) is 45.3 Å². The number of nitrogens with zero attached hydrogens (tertiary/aromatic N) is 1. The molecular weight excluding hydrogens is 212 g/mol. The molecule has 2 rings (SSSR count). The first-order valence-corrected chi connectivity index (χ1v) is 7.31. The van der Waals surface area contributed by atoms with Gasteiger partial charge >= 0.3 is 0 Å². The highest BCUT2D eigenvalue weighted by Crippen LogP contribution is 2.18. The second kappa shape index (κ2) is 6.72. The van der Waals surface area contributed by atoms with Gasteiger partial charge < -0.3 is 15.0 Å². The summed E-state index contributed by atoms with van der Waals surface area (Å²) in [6.07, 6.45) is 6.82. The van der Waals surface area contributed by atoms with E-state index in [2.05, 4.69) is 24.2 Å². The highest BCUT2D eigenvalue weighted by molar-refractivity contribution is 4.79. The minimum atomic E-state index is 0.496. The third kappa shape index (κ3) is 4.23. The quantitative estimate of drug-likeness (QED) is 0.812. The van der Waals surface area contributed by atoms with E-state index in [1.807, 2.05) is 0 Å². The summed E-state index contributed by atoms with van der Waals surface area (Å²) in [5, 5.41) is 3.77. The summed E-state index contributed by atoms with van der Waals surface area (Å²) >= 11 is 0. The zero-order valence-corrected chi connectivity index (χ0v) is 11.5. The fourth-order valence-corrected chi connectivity index (χ4v) is 3.12. The summed E-state index contributed by atoms with van der Waals surface area (Å²) in [4.78, 5) is 2.47. The van der Waals surface area contributed by atoms with E-state index in [0.717, 1.165) is 18.9 Å². The lowest BCUT2D eigenvalue weighted by Crippen LogP contribution is -2.44. The Balaban J connectivity index is 1.66. The highest BCUT2D eigenvalue weighted by Gasteiger charge is 2.23.